The molecule has 0 unspecified atom stereocenters. The first-order valence-electron chi connectivity index (χ1n) is 9.39. The number of amides is 1. The highest BCUT2D eigenvalue weighted by atomic mass is 16.5. The number of aryl methyl sites for hydroxylation is 2. The second-order valence-electron chi connectivity index (χ2n) is 7.36. The van der Waals surface area contributed by atoms with Crippen LogP contribution in [0.4, 0.5) is 0 Å². The van der Waals surface area contributed by atoms with Crippen LogP contribution in [0.5, 0.6) is 5.75 Å². The van der Waals surface area contributed by atoms with E-state index in [1.54, 1.807) is 35.0 Å². The van der Waals surface area contributed by atoms with Gasteiger partial charge in [0.1, 0.15) is 18.1 Å². The van der Waals surface area contributed by atoms with Crippen LogP contribution in [-0.4, -0.2) is 27.6 Å². The van der Waals surface area contributed by atoms with Gasteiger partial charge < -0.3 is 14.1 Å². The van der Waals surface area contributed by atoms with E-state index in [0.29, 0.717) is 24.0 Å². The zero-order chi connectivity index (χ0) is 20.3. The Kier molecular flexibility index (Phi) is 5.87. The van der Waals surface area contributed by atoms with Gasteiger partial charge >= 0.3 is 0 Å². The molecule has 0 bridgehead atoms. The molecule has 0 fully saturated rings. The average molecular weight is 381 g/mol. The Bertz CT molecular complexity index is 956. The van der Waals surface area contributed by atoms with E-state index < -0.39 is 0 Å². The first-order valence-corrected chi connectivity index (χ1v) is 9.39. The van der Waals surface area contributed by atoms with Gasteiger partial charge in [-0.2, -0.15) is 5.10 Å². The predicted molar refractivity (Wildman–Crippen MR) is 107 cm³/mol. The summed E-state index contributed by atoms with van der Waals surface area (Å²) >= 11 is 0. The Labute approximate surface area is 165 Å². The highest BCUT2D eigenvalue weighted by molar-refractivity contribution is 5.91. The third-order valence-corrected chi connectivity index (χ3v) is 4.70. The monoisotopic (exact) mass is 381 g/mol. The molecule has 6 heteroatoms. The lowest BCUT2D eigenvalue weighted by Crippen LogP contribution is -2.26. The molecule has 148 valence electrons. The maximum Gasteiger partial charge on any atom is 0.289 e. The largest absolute Gasteiger partial charge is 0.485 e. The van der Waals surface area contributed by atoms with E-state index in [1.165, 1.54) is 0 Å². The number of furan rings is 1. The fraction of sp³-hybridized carbons (Fsp3) is 0.364. The SMILES string of the molecule is Cc1ccc(C(C)C)c(OCc2ccc(C(=O)N(C)Cc3ccnn3C)o2)c1. The number of benzene rings is 1. The number of carbonyl (C=O) groups is 1. The minimum Gasteiger partial charge on any atom is -0.485 e. The number of carbonyl (C=O) groups excluding carboxylic acids is 1. The van der Waals surface area contributed by atoms with Crippen molar-refractivity contribution >= 4 is 5.91 Å². The fourth-order valence-corrected chi connectivity index (χ4v) is 3.02. The van der Waals surface area contributed by atoms with Crippen molar-refractivity contribution in [1.82, 2.24) is 14.7 Å². The molecule has 28 heavy (non-hydrogen) atoms. The molecule has 0 atom stereocenters. The molecule has 1 amide bonds. The van der Waals surface area contributed by atoms with E-state index in [4.69, 9.17) is 9.15 Å². The zero-order valence-corrected chi connectivity index (χ0v) is 17.1. The molecule has 0 spiro atoms. The van der Waals surface area contributed by atoms with Crippen molar-refractivity contribution < 1.29 is 13.9 Å². The first-order chi connectivity index (χ1) is 13.3. The Morgan fingerprint density at radius 3 is 2.71 bits per heavy atom. The highest BCUT2D eigenvalue weighted by Crippen LogP contribution is 2.28. The lowest BCUT2D eigenvalue weighted by molar-refractivity contribution is 0.0746. The minimum absolute atomic E-state index is 0.175. The summed E-state index contributed by atoms with van der Waals surface area (Å²) in [6.45, 7) is 7.06. The van der Waals surface area contributed by atoms with E-state index in [0.717, 1.165) is 22.6 Å². The van der Waals surface area contributed by atoms with Crippen LogP contribution in [0, 0.1) is 6.92 Å². The number of nitrogens with zero attached hydrogens (tertiary/aromatic N) is 3. The van der Waals surface area contributed by atoms with Crippen LogP contribution in [0.2, 0.25) is 0 Å². The summed E-state index contributed by atoms with van der Waals surface area (Å²) in [6, 6.07) is 11.6. The van der Waals surface area contributed by atoms with Crippen molar-refractivity contribution in [2.24, 2.45) is 7.05 Å². The van der Waals surface area contributed by atoms with E-state index in [2.05, 4.69) is 31.1 Å². The van der Waals surface area contributed by atoms with E-state index in [-0.39, 0.29) is 12.5 Å². The molecule has 6 nitrogen and oxygen atoms in total. The van der Waals surface area contributed by atoms with Crippen LogP contribution in [0.3, 0.4) is 0 Å². The van der Waals surface area contributed by atoms with Gasteiger partial charge in [0, 0.05) is 20.3 Å². The van der Waals surface area contributed by atoms with Gasteiger partial charge in [-0.1, -0.05) is 26.0 Å². The van der Waals surface area contributed by atoms with Gasteiger partial charge in [0.15, 0.2) is 5.76 Å². The maximum absolute atomic E-state index is 12.6. The molecule has 0 radical (unpaired) electrons. The molecule has 0 aliphatic heterocycles. The van der Waals surface area contributed by atoms with Crippen LogP contribution in [-0.2, 0) is 20.2 Å². The van der Waals surface area contributed by atoms with E-state index >= 15 is 0 Å². The average Bonchev–Trinajstić information content (AvgIpc) is 3.28. The molecule has 2 heterocycles. The van der Waals surface area contributed by atoms with Crippen molar-refractivity contribution in [3.8, 4) is 5.75 Å². The van der Waals surface area contributed by atoms with Gasteiger partial charge in [0.05, 0.1) is 12.2 Å². The summed E-state index contributed by atoms with van der Waals surface area (Å²) < 4.78 is 13.5. The second kappa shape index (κ2) is 8.33. The Morgan fingerprint density at radius 2 is 2.04 bits per heavy atom. The number of aromatic nitrogens is 2. The normalized spacial score (nSPS) is 11.1. The lowest BCUT2D eigenvalue weighted by Gasteiger charge is -2.16. The molecule has 0 aliphatic carbocycles. The van der Waals surface area contributed by atoms with Crippen LogP contribution < -0.4 is 4.74 Å². The topological polar surface area (TPSA) is 60.5 Å². The van der Waals surface area contributed by atoms with Crippen molar-refractivity contribution in [3.05, 3.63) is 70.9 Å². The van der Waals surface area contributed by atoms with Crippen LogP contribution >= 0.6 is 0 Å². The predicted octanol–water partition coefficient (Wildman–Crippen LogP) is 4.30. The third-order valence-electron chi connectivity index (χ3n) is 4.70. The Balaban J connectivity index is 1.65. The summed E-state index contributed by atoms with van der Waals surface area (Å²) in [5.41, 5.74) is 3.25. The van der Waals surface area contributed by atoms with Crippen LogP contribution in [0.15, 0.2) is 47.0 Å². The smallest absolute Gasteiger partial charge is 0.289 e. The molecule has 0 saturated carbocycles. The summed E-state index contributed by atoms with van der Waals surface area (Å²) in [4.78, 5) is 14.2. The first kappa shape index (κ1) is 19.7. The highest BCUT2D eigenvalue weighted by Gasteiger charge is 2.18. The summed E-state index contributed by atoms with van der Waals surface area (Å²) in [5, 5.41) is 4.12. The van der Waals surface area contributed by atoms with Crippen LogP contribution in [0.1, 0.15) is 52.9 Å². The molecule has 3 aromatic rings. The number of ether oxygens (including phenoxy) is 1. The van der Waals surface area contributed by atoms with Gasteiger partial charge in [-0.15, -0.1) is 0 Å². The lowest BCUT2D eigenvalue weighted by atomic mass is 10.0. The molecular formula is C22H27N3O3. The van der Waals surface area contributed by atoms with Crippen molar-refractivity contribution in [2.75, 3.05) is 7.05 Å². The maximum atomic E-state index is 12.6. The molecule has 2 aromatic heterocycles. The molecule has 0 aliphatic rings. The number of hydrogen-bond donors (Lipinski definition) is 0. The Morgan fingerprint density at radius 1 is 1.25 bits per heavy atom. The van der Waals surface area contributed by atoms with Crippen molar-refractivity contribution in [1.29, 1.82) is 0 Å². The van der Waals surface area contributed by atoms with Crippen molar-refractivity contribution in [2.45, 2.75) is 39.8 Å². The molecule has 3 rings (SSSR count). The number of hydrogen-bond acceptors (Lipinski definition) is 4. The summed E-state index contributed by atoms with van der Waals surface area (Å²) in [5.74, 6) is 1.97. The standard InChI is InChI=1S/C22H27N3O3/c1-15(2)19-8-6-16(3)12-21(19)27-14-18-7-9-20(28-18)22(26)24(4)13-17-10-11-23-25(17)5/h6-12,15H,13-14H2,1-5H3. The van der Waals surface area contributed by atoms with Gasteiger partial charge in [-0.3, -0.25) is 9.48 Å². The van der Waals surface area contributed by atoms with Crippen LogP contribution in [0.25, 0.3) is 0 Å². The molecule has 0 N–H and O–H groups in total. The molecule has 0 saturated heterocycles. The minimum atomic E-state index is -0.175. The number of rotatable bonds is 7. The zero-order valence-electron chi connectivity index (χ0n) is 17.1. The quantitative estimate of drug-likeness (QED) is 0.612. The van der Waals surface area contributed by atoms with Gasteiger partial charge in [-0.25, -0.2) is 0 Å². The van der Waals surface area contributed by atoms with Gasteiger partial charge in [0.2, 0.25) is 0 Å². The summed E-state index contributed by atoms with van der Waals surface area (Å²) in [7, 11) is 3.60. The molecule has 1 aromatic carbocycles. The second-order valence-corrected chi connectivity index (χ2v) is 7.36. The summed E-state index contributed by atoms with van der Waals surface area (Å²) in [6.07, 6.45) is 1.71. The molecular weight excluding hydrogens is 354 g/mol. The Hall–Kier alpha value is -3.02. The van der Waals surface area contributed by atoms with E-state index in [9.17, 15) is 4.79 Å². The van der Waals surface area contributed by atoms with Crippen molar-refractivity contribution in [3.63, 3.8) is 0 Å². The fourth-order valence-electron chi connectivity index (χ4n) is 3.02. The van der Waals surface area contributed by atoms with Gasteiger partial charge in [0.25, 0.3) is 5.91 Å². The van der Waals surface area contributed by atoms with E-state index in [1.807, 2.05) is 26.1 Å². The van der Waals surface area contributed by atoms with Gasteiger partial charge in [-0.05, 0) is 48.2 Å². The third kappa shape index (κ3) is 4.44.